The molecule has 0 amide bonds. The lowest BCUT2D eigenvalue weighted by atomic mass is 10.1. The summed E-state index contributed by atoms with van der Waals surface area (Å²) < 4.78 is 4.76. The van der Waals surface area contributed by atoms with Gasteiger partial charge in [-0.15, -0.1) is 11.6 Å². The molecule has 0 atom stereocenters. The fourth-order valence-corrected chi connectivity index (χ4v) is 1.43. The summed E-state index contributed by atoms with van der Waals surface area (Å²) in [5, 5.41) is 0. The summed E-state index contributed by atoms with van der Waals surface area (Å²) in [5.74, 6) is -2.36. The molecule has 16 heavy (non-hydrogen) atoms. The van der Waals surface area contributed by atoms with E-state index < -0.39 is 17.3 Å². The Morgan fingerprint density at radius 3 is 2.81 bits per heavy atom. The zero-order valence-corrected chi connectivity index (χ0v) is 8.71. The number of halogens is 1. The third-order valence-electron chi connectivity index (χ3n) is 2.06. The maximum atomic E-state index is 11.5. The molecular formula is C10H6ClNO4. The first-order chi connectivity index (χ1) is 7.61. The summed E-state index contributed by atoms with van der Waals surface area (Å²) in [4.78, 5) is 35.8. The van der Waals surface area contributed by atoms with Gasteiger partial charge in [-0.1, -0.05) is 0 Å². The van der Waals surface area contributed by atoms with Gasteiger partial charge in [0, 0.05) is 5.56 Å². The highest BCUT2D eigenvalue weighted by Gasteiger charge is 2.16. The maximum Gasteiger partial charge on any atom is 0.417 e. The Bertz CT molecular complexity index is 625. The van der Waals surface area contributed by atoms with E-state index in [9.17, 15) is 14.4 Å². The predicted molar refractivity (Wildman–Crippen MR) is 56.9 cm³/mol. The molecule has 82 valence electrons. The monoisotopic (exact) mass is 239 g/mol. The summed E-state index contributed by atoms with van der Waals surface area (Å²) in [6, 6.07) is 4.26. The molecule has 1 N–H and O–H groups in total. The van der Waals surface area contributed by atoms with E-state index >= 15 is 0 Å². The molecule has 2 rings (SSSR count). The van der Waals surface area contributed by atoms with Gasteiger partial charge in [0.25, 0.3) is 0 Å². The van der Waals surface area contributed by atoms with E-state index in [0.717, 1.165) is 0 Å². The SMILES string of the molecule is O=C(CCl)C(=O)c1ccc2[nH]c(=O)oc2c1. The molecule has 0 aliphatic heterocycles. The molecule has 0 aliphatic rings. The van der Waals surface area contributed by atoms with Gasteiger partial charge in [-0.2, -0.15) is 0 Å². The summed E-state index contributed by atoms with van der Waals surface area (Å²) in [7, 11) is 0. The molecule has 1 aromatic heterocycles. The van der Waals surface area contributed by atoms with Gasteiger partial charge in [0.1, 0.15) is 0 Å². The van der Waals surface area contributed by atoms with Crippen LogP contribution in [0.5, 0.6) is 0 Å². The van der Waals surface area contributed by atoms with Crippen LogP contribution in [-0.2, 0) is 4.79 Å². The molecule has 0 aliphatic carbocycles. The number of fused-ring (bicyclic) bond motifs is 1. The smallest absolute Gasteiger partial charge is 0.408 e. The average molecular weight is 240 g/mol. The Labute approximate surface area is 94.0 Å². The predicted octanol–water partition coefficient (Wildman–Crippen LogP) is 1.11. The Morgan fingerprint density at radius 1 is 1.38 bits per heavy atom. The number of nitrogens with one attached hydrogen (secondary N) is 1. The molecule has 0 fully saturated rings. The Balaban J connectivity index is 2.50. The lowest BCUT2D eigenvalue weighted by Crippen LogP contribution is -2.15. The fraction of sp³-hybridized carbons (Fsp3) is 0.100. The zero-order chi connectivity index (χ0) is 11.7. The minimum atomic E-state index is -0.695. The van der Waals surface area contributed by atoms with E-state index in [-0.39, 0.29) is 17.0 Å². The van der Waals surface area contributed by atoms with Crippen LogP contribution < -0.4 is 5.76 Å². The van der Waals surface area contributed by atoms with Crippen LogP contribution in [0.15, 0.2) is 27.4 Å². The van der Waals surface area contributed by atoms with Crippen LogP contribution in [0.2, 0.25) is 0 Å². The van der Waals surface area contributed by atoms with E-state index in [1.807, 2.05) is 0 Å². The van der Waals surface area contributed by atoms with Gasteiger partial charge < -0.3 is 4.42 Å². The number of carbonyl (C=O) groups excluding carboxylic acids is 2. The zero-order valence-electron chi connectivity index (χ0n) is 7.95. The van der Waals surface area contributed by atoms with Crippen LogP contribution in [-0.4, -0.2) is 22.4 Å². The third kappa shape index (κ3) is 1.77. The average Bonchev–Trinajstić information content (AvgIpc) is 2.65. The number of aromatic nitrogens is 1. The van der Waals surface area contributed by atoms with Crippen molar-refractivity contribution in [2.24, 2.45) is 0 Å². The molecule has 5 nitrogen and oxygen atoms in total. The van der Waals surface area contributed by atoms with Crippen LogP contribution in [0.3, 0.4) is 0 Å². The number of hydrogen-bond donors (Lipinski definition) is 1. The Kier molecular flexibility index (Phi) is 2.62. The second-order valence-corrected chi connectivity index (χ2v) is 3.38. The lowest BCUT2D eigenvalue weighted by Gasteiger charge is -1.96. The molecule has 2 aromatic rings. The number of H-pyrrole nitrogens is 1. The van der Waals surface area contributed by atoms with Crippen LogP contribution in [0, 0.1) is 0 Å². The number of rotatable bonds is 3. The first kappa shape index (κ1) is 10.6. The fourth-order valence-electron chi connectivity index (χ4n) is 1.31. The van der Waals surface area contributed by atoms with E-state index in [1.165, 1.54) is 18.2 Å². The van der Waals surface area contributed by atoms with Gasteiger partial charge in [0.15, 0.2) is 5.58 Å². The maximum absolute atomic E-state index is 11.5. The highest BCUT2D eigenvalue weighted by atomic mass is 35.5. The number of carbonyl (C=O) groups is 2. The molecule has 0 spiro atoms. The number of benzene rings is 1. The number of Topliss-reactive ketones (excluding diaryl/α,β-unsaturated/α-hetero) is 2. The van der Waals surface area contributed by atoms with E-state index in [0.29, 0.717) is 5.52 Å². The highest BCUT2D eigenvalue weighted by Crippen LogP contribution is 2.13. The van der Waals surface area contributed by atoms with Crippen LogP contribution in [0.25, 0.3) is 11.1 Å². The van der Waals surface area contributed by atoms with Crippen molar-refractivity contribution in [1.82, 2.24) is 4.98 Å². The largest absolute Gasteiger partial charge is 0.417 e. The number of aromatic amines is 1. The second kappa shape index (κ2) is 3.94. The number of oxazole rings is 1. The molecule has 6 heteroatoms. The molecule has 0 radical (unpaired) electrons. The first-order valence-corrected chi connectivity index (χ1v) is 4.91. The quantitative estimate of drug-likeness (QED) is 0.494. The molecule has 0 bridgehead atoms. The van der Waals surface area contributed by atoms with Crippen molar-refractivity contribution in [1.29, 1.82) is 0 Å². The van der Waals surface area contributed by atoms with Crippen molar-refractivity contribution in [3.8, 4) is 0 Å². The van der Waals surface area contributed by atoms with Gasteiger partial charge in [0.05, 0.1) is 11.4 Å². The summed E-state index contributed by atoms with van der Waals surface area (Å²) in [6.07, 6.45) is 0. The first-order valence-electron chi connectivity index (χ1n) is 4.38. The van der Waals surface area contributed by atoms with Crippen molar-refractivity contribution >= 4 is 34.3 Å². The molecule has 0 saturated carbocycles. The molecular weight excluding hydrogens is 234 g/mol. The van der Waals surface area contributed by atoms with Crippen molar-refractivity contribution in [2.45, 2.75) is 0 Å². The summed E-state index contributed by atoms with van der Waals surface area (Å²) in [5.41, 5.74) is 0.860. The van der Waals surface area contributed by atoms with Crippen molar-refractivity contribution in [2.75, 3.05) is 5.88 Å². The van der Waals surface area contributed by atoms with Gasteiger partial charge in [0.2, 0.25) is 11.6 Å². The van der Waals surface area contributed by atoms with Crippen molar-refractivity contribution in [3.63, 3.8) is 0 Å². The van der Waals surface area contributed by atoms with Gasteiger partial charge in [-0.25, -0.2) is 4.79 Å². The van der Waals surface area contributed by atoms with Gasteiger partial charge in [-0.05, 0) is 18.2 Å². The van der Waals surface area contributed by atoms with Crippen LogP contribution in [0.1, 0.15) is 10.4 Å². The third-order valence-corrected chi connectivity index (χ3v) is 2.30. The summed E-state index contributed by atoms with van der Waals surface area (Å²) in [6.45, 7) is 0. The molecule has 0 saturated heterocycles. The normalized spacial score (nSPS) is 10.6. The standard InChI is InChI=1S/C10H6ClNO4/c11-4-7(13)9(14)5-1-2-6-8(3-5)16-10(15)12-6/h1-3H,4H2,(H,12,15). The number of alkyl halides is 1. The van der Waals surface area contributed by atoms with E-state index in [2.05, 4.69) is 4.98 Å². The van der Waals surface area contributed by atoms with Crippen LogP contribution in [0.4, 0.5) is 0 Å². The van der Waals surface area contributed by atoms with Gasteiger partial charge >= 0.3 is 5.76 Å². The van der Waals surface area contributed by atoms with E-state index in [4.69, 9.17) is 16.0 Å². The lowest BCUT2D eigenvalue weighted by molar-refractivity contribution is -0.112. The number of ketones is 2. The minimum absolute atomic E-state index is 0.154. The Hall–Kier alpha value is -1.88. The van der Waals surface area contributed by atoms with Crippen LogP contribution >= 0.6 is 11.6 Å². The highest BCUT2D eigenvalue weighted by molar-refractivity contribution is 6.51. The van der Waals surface area contributed by atoms with Crippen molar-refractivity contribution in [3.05, 3.63) is 34.3 Å². The minimum Gasteiger partial charge on any atom is -0.408 e. The number of hydrogen-bond acceptors (Lipinski definition) is 4. The molecule has 0 unspecified atom stereocenters. The Morgan fingerprint density at radius 2 is 2.12 bits per heavy atom. The van der Waals surface area contributed by atoms with Gasteiger partial charge in [-0.3, -0.25) is 14.6 Å². The topological polar surface area (TPSA) is 80.1 Å². The van der Waals surface area contributed by atoms with E-state index in [1.54, 1.807) is 0 Å². The molecule has 1 aromatic carbocycles. The molecule has 1 heterocycles. The second-order valence-electron chi connectivity index (χ2n) is 3.11. The van der Waals surface area contributed by atoms with Crippen molar-refractivity contribution < 1.29 is 14.0 Å². The summed E-state index contributed by atoms with van der Waals surface area (Å²) >= 11 is 5.27.